The fraction of sp³-hybridized carbons (Fsp3) is 0.375. The van der Waals surface area contributed by atoms with Crippen LogP contribution in [0.2, 0.25) is 0 Å². The van der Waals surface area contributed by atoms with Crippen LogP contribution in [0, 0.1) is 12.3 Å². The molecule has 0 radical (unpaired) electrons. The van der Waals surface area contributed by atoms with Crippen molar-refractivity contribution >= 4 is 0 Å². The summed E-state index contributed by atoms with van der Waals surface area (Å²) in [5.74, 6) is 0.412. The van der Waals surface area contributed by atoms with Crippen molar-refractivity contribution in [2.24, 2.45) is 5.41 Å². The highest BCUT2D eigenvalue weighted by Gasteiger charge is 2.54. The van der Waals surface area contributed by atoms with E-state index in [0.29, 0.717) is 5.75 Å². The predicted octanol–water partition coefficient (Wildman–Crippen LogP) is 6.60. The average Bonchev–Trinajstić information content (AvgIpc) is 3.18. The first-order valence-electron chi connectivity index (χ1n) is 12.8. The van der Waals surface area contributed by atoms with Crippen molar-refractivity contribution in [3.63, 3.8) is 0 Å². The number of hydrogen-bond acceptors (Lipinski definition) is 2. The molecule has 174 valence electrons. The van der Waals surface area contributed by atoms with Gasteiger partial charge in [-0.3, -0.25) is 0 Å². The maximum Gasteiger partial charge on any atom is 0.118 e. The van der Waals surface area contributed by atoms with Gasteiger partial charge in [0.05, 0.1) is 6.10 Å². The highest BCUT2D eigenvalue weighted by molar-refractivity contribution is 5.57. The maximum absolute atomic E-state index is 11.0. The molecule has 2 heteroatoms. The first kappa shape index (κ1) is 21.7. The van der Waals surface area contributed by atoms with E-state index in [1.54, 1.807) is 11.1 Å². The lowest BCUT2D eigenvalue weighted by Gasteiger charge is -2.51. The second kappa shape index (κ2) is 8.13. The maximum atomic E-state index is 11.0. The van der Waals surface area contributed by atoms with Crippen molar-refractivity contribution < 1.29 is 10.2 Å². The smallest absolute Gasteiger partial charge is 0.118 e. The number of fused-ring (bicyclic) bond motifs is 4. The molecule has 34 heavy (non-hydrogen) atoms. The Labute approximate surface area is 203 Å². The van der Waals surface area contributed by atoms with Crippen LogP contribution in [0.1, 0.15) is 59.9 Å². The number of benzene rings is 3. The molecule has 0 aromatic heterocycles. The molecule has 3 aromatic carbocycles. The number of hydrogen-bond donors (Lipinski definition) is 2. The topological polar surface area (TPSA) is 40.5 Å². The summed E-state index contributed by atoms with van der Waals surface area (Å²) in [6, 6.07) is 25.9. The molecule has 3 aromatic rings. The molecular weight excluding hydrogens is 416 g/mol. The van der Waals surface area contributed by atoms with E-state index in [9.17, 15) is 10.2 Å². The summed E-state index contributed by atoms with van der Waals surface area (Å²) in [5.41, 5.74) is 9.70. The number of phenols is 1. The summed E-state index contributed by atoms with van der Waals surface area (Å²) in [7, 11) is 0. The summed E-state index contributed by atoms with van der Waals surface area (Å²) in [6.07, 6.45) is 7.65. The Kier molecular flexibility index (Phi) is 5.18. The molecule has 0 spiro atoms. The highest BCUT2D eigenvalue weighted by atomic mass is 16.3. The van der Waals surface area contributed by atoms with Crippen molar-refractivity contribution in [3.8, 4) is 5.75 Å². The van der Waals surface area contributed by atoms with Crippen molar-refractivity contribution in [2.45, 2.75) is 69.8 Å². The van der Waals surface area contributed by atoms with Gasteiger partial charge < -0.3 is 10.2 Å². The van der Waals surface area contributed by atoms with Crippen LogP contribution in [0.5, 0.6) is 5.75 Å². The van der Waals surface area contributed by atoms with E-state index in [4.69, 9.17) is 0 Å². The third kappa shape index (κ3) is 3.34. The van der Waals surface area contributed by atoms with E-state index >= 15 is 0 Å². The van der Waals surface area contributed by atoms with Crippen LogP contribution in [0.3, 0.4) is 0 Å². The molecule has 3 aliphatic carbocycles. The van der Waals surface area contributed by atoms with Gasteiger partial charge in [-0.1, -0.05) is 77.9 Å². The third-order valence-corrected chi connectivity index (χ3v) is 9.12. The molecule has 0 bridgehead atoms. The first-order chi connectivity index (χ1) is 16.5. The van der Waals surface area contributed by atoms with Gasteiger partial charge in [-0.15, -0.1) is 0 Å². The lowest BCUT2D eigenvalue weighted by molar-refractivity contribution is 0.148. The number of allylic oxidation sites excluding steroid dienone is 1. The zero-order valence-electron chi connectivity index (χ0n) is 20.1. The Morgan fingerprint density at radius 3 is 2.18 bits per heavy atom. The van der Waals surface area contributed by atoms with Gasteiger partial charge in [0.2, 0.25) is 0 Å². The van der Waals surface area contributed by atoms with Crippen molar-refractivity contribution in [1.82, 2.24) is 0 Å². The Morgan fingerprint density at radius 2 is 1.47 bits per heavy atom. The lowest BCUT2D eigenvalue weighted by Crippen LogP contribution is -2.43. The second-order valence-corrected chi connectivity index (χ2v) is 10.9. The molecule has 1 fully saturated rings. The number of aromatic hydroxyl groups is 1. The van der Waals surface area contributed by atoms with Crippen molar-refractivity contribution in [2.75, 3.05) is 0 Å². The third-order valence-electron chi connectivity index (χ3n) is 9.12. The molecule has 6 rings (SSSR count). The fourth-order valence-corrected chi connectivity index (χ4v) is 7.63. The quantitative estimate of drug-likeness (QED) is 0.440. The molecule has 0 saturated heterocycles. The Morgan fingerprint density at radius 1 is 0.794 bits per heavy atom. The zero-order valence-corrected chi connectivity index (χ0v) is 20.1. The van der Waals surface area contributed by atoms with Crippen LogP contribution in [0.4, 0.5) is 0 Å². The average molecular weight is 451 g/mol. The van der Waals surface area contributed by atoms with Gasteiger partial charge >= 0.3 is 0 Å². The van der Waals surface area contributed by atoms with Crippen LogP contribution in [-0.2, 0) is 24.7 Å². The van der Waals surface area contributed by atoms with Gasteiger partial charge in [-0.25, -0.2) is 0 Å². The summed E-state index contributed by atoms with van der Waals surface area (Å²) < 4.78 is 0. The van der Waals surface area contributed by atoms with Crippen LogP contribution >= 0.6 is 0 Å². The van der Waals surface area contributed by atoms with Gasteiger partial charge in [0, 0.05) is 5.41 Å². The van der Waals surface area contributed by atoms with Crippen LogP contribution < -0.4 is 0 Å². The molecule has 0 aliphatic heterocycles. The SMILES string of the molecule is Cc1c(O)ccc2c1CCC1=C3C[C@@H](O)C[C@@]3(Cc3ccccc3)CC[C@@]12Cc1ccccc1. The van der Waals surface area contributed by atoms with E-state index in [1.165, 1.54) is 22.3 Å². The van der Waals surface area contributed by atoms with Crippen LogP contribution in [-0.4, -0.2) is 16.3 Å². The highest BCUT2D eigenvalue weighted by Crippen LogP contribution is 2.62. The Bertz CT molecular complexity index is 1240. The molecule has 3 aliphatic rings. The van der Waals surface area contributed by atoms with Crippen LogP contribution in [0.25, 0.3) is 0 Å². The van der Waals surface area contributed by atoms with E-state index in [2.05, 4.69) is 73.7 Å². The summed E-state index contributed by atoms with van der Waals surface area (Å²) in [4.78, 5) is 0. The van der Waals surface area contributed by atoms with Gasteiger partial charge in [-0.2, -0.15) is 0 Å². The Balaban J connectivity index is 1.54. The minimum Gasteiger partial charge on any atom is -0.508 e. The summed E-state index contributed by atoms with van der Waals surface area (Å²) in [6.45, 7) is 2.07. The lowest BCUT2D eigenvalue weighted by atomic mass is 9.52. The minimum absolute atomic E-state index is 0.0486. The Hall–Kier alpha value is -2.84. The zero-order chi connectivity index (χ0) is 23.3. The molecule has 3 atom stereocenters. The van der Waals surface area contributed by atoms with E-state index in [-0.39, 0.29) is 16.9 Å². The van der Waals surface area contributed by atoms with Gasteiger partial charge in [0.25, 0.3) is 0 Å². The molecule has 0 amide bonds. The first-order valence-corrected chi connectivity index (χ1v) is 12.8. The van der Waals surface area contributed by atoms with E-state index in [0.717, 1.165) is 56.9 Å². The molecule has 0 unspecified atom stereocenters. The number of aliphatic hydroxyl groups excluding tert-OH is 1. The van der Waals surface area contributed by atoms with Crippen LogP contribution in [0.15, 0.2) is 83.9 Å². The normalized spacial score (nSPS) is 27.8. The van der Waals surface area contributed by atoms with Gasteiger partial charge in [0.15, 0.2) is 0 Å². The number of rotatable bonds is 4. The standard InChI is InChI=1S/C32H34O2/c1-22-26-12-13-28-29-18-25(33)21-31(29,19-23-8-4-2-5-9-23)16-17-32(28,27(26)14-15-30(22)34)20-24-10-6-3-7-11-24/h2-11,14-15,25,33-34H,12-13,16-21H2,1H3/t25-,31+,32+/m1/s1. The number of phenolic OH excluding ortho intramolecular Hbond substituents is 1. The van der Waals surface area contributed by atoms with Gasteiger partial charge in [-0.05, 0) is 97.6 Å². The van der Waals surface area contributed by atoms with E-state index < -0.39 is 0 Å². The molecular formula is C32H34O2. The fourth-order valence-electron chi connectivity index (χ4n) is 7.63. The number of aliphatic hydroxyl groups is 1. The van der Waals surface area contributed by atoms with E-state index in [1.807, 2.05) is 6.07 Å². The van der Waals surface area contributed by atoms with Crippen molar-refractivity contribution in [1.29, 1.82) is 0 Å². The monoisotopic (exact) mass is 450 g/mol. The predicted molar refractivity (Wildman–Crippen MR) is 137 cm³/mol. The van der Waals surface area contributed by atoms with Crippen molar-refractivity contribution in [3.05, 3.63) is 112 Å². The molecule has 2 nitrogen and oxygen atoms in total. The second-order valence-electron chi connectivity index (χ2n) is 10.9. The minimum atomic E-state index is -0.248. The summed E-state index contributed by atoms with van der Waals surface area (Å²) >= 11 is 0. The molecule has 0 heterocycles. The summed E-state index contributed by atoms with van der Waals surface area (Å²) in [5, 5.41) is 21.5. The largest absolute Gasteiger partial charge is 0.508 e. The molecule has 1 saturated carbocycles. The van der Waals surface area contributed by atoms with Gasteiger partial charge in [0.1, 0.15) is 5.75 Å². The molecule has 2 N–H and O–H groups in total.